The predicted molar refractivity (Wildman–Crippen MR) is 111 cm³/mol. The lowest BCUT2D eigenvalue weighted by Crippen LogP contribution is -2.52. The van der Waals surface area contributed by atoms with Crippen molar-refractivity contribution in [3.63, 3.8) is 0 Å². The highest BCUT2D eigenvalue weighted by Crippen LogP contribution is 2.28. The lowest BCUT2D eigenvalue weighted by Gasteiger charge is -2.31. The summed E-state index contributed by atoms with van der Waals surface area (Å²) in [7, 11) is 0. The van der Waals surface area contributed by atoms with Crippen LogP contribution in [0.15, 0.2) is 30.3 Å². The van der Waals surface area contributed by atoms with E-state index in [1.54, 1.807) is 0 Å². The molecule has 0 radical (unpaired) electrons. The molecule has 0 saturated heterocycles. The van der Waals surface area contributed by atoms with Gasteiger partial charge in [-0.3, -0.25) is 4.79 Å². The molecule has 1 unspecified atom stereocenters. The smallest absolute Gasteiger partial charge is 0.263 e. The maximum Gasteiger partial charge on any atom is 0.263 e. The molecule has 0 aliphatic carbocycles. The molecule has 7 heteroatoms. The Hall–Kier alpha value is -1.14. The maximum absolute atomic E-state index is 12.7. The van der Waals surface area contributed by atoms with Gasteiger partial charge in [0.05, 0.1) is 11.2 Å². The molecule has 3 N–H and O–H groups in total. The molecule has 0 spiro atoms. The number of hydrogen-bond acceptors (Lipinski definition) is 4. The van der Waals surface area contributed by atoms with Crippen LogP contribution in [0.25, 0.3) is 10.6 Å². The number of halogens is 2. The number of carbonyl (C=O) groups excluding carboxylic acids is 1. The van der Waals surface area contributed by atoms with Gasteiger partial charge in [0.15, 0.2) is 0 Å². The van der Waals surface area contributed by atoms with Gasteiger partial charge in [-0.1, -0.05) is 44.2 Å². The van der Waals surface area contributed by atoms with Crippen LogP contribution in [0.1, 0.15) is 42.6 Å². The average molecular weight is 404 g/mol. The molecule has 1 aromatic carbocycles. The van der Waals surface area contributed by atoms with Crippen molar-refractivity contribution in [2.24, 2.45) is 11.7 Å². The molecule has 2 rings (SSSR count). The zero-order valence-electron chi connectivity index (χ0n) is 15.0. The molecule has 1 aromatic heterocycles. The zero-order chi connectivity index (χ0) is 17.0. The first-order chi connectivity index (χ1) is 10.8. The Balaban J connectivity index is 0.00000288. The Morgan fingerprint density at radius 3 is 2.40 bits per heavy atom. The molecule has 1 heterocycles. The standard InChI is InChI=1S/C18H25N3OS.2ClH/c1-12(2)10-18(4,11-19)21-16(22)15-13(3)20-17(23-15)14-8-6-5-7-9-14;;/h5-9,12H,10-11,19H2,1-4H3,(H,21,22);2*1H. The highest BCUT2D eigenvalue weighted by Gasteiger charge is 2.28. The van der Waals surface area contributed by atoms with Crippen LogP contribution < -0.4 is 11.1 Å². The largest absolute Gasteiger partial charge is 0.345 e. The second kappa shape index (κ2) is 10.1. The summed E-state index contributed by atoms with van der Waals surface area (Å²) in [5, 5.41) is 3.97. The summed E-state index contributed by atoms with van der Waals surface area (Å²) in [6, 6.07) is 9.92. The van der Waals surface area contributed by atoms with Gasteiger partial charge in [-0.05, 0) is 26.2 Å². The van der Waals surface area contributed by atoms with Crippen LogP contribution in [0, 0.1) is 12.8 Å². The predicted octanol–water partition coefficient (Wildman–Crippen LogP) is 4.46. The molecule has 4 nitrogen and oxygen atoms in total. The van der Waals surface area contributed by atoms with Crippen LogP contribution in [-0.4, -0.2) is 23.0 Å². The monoisotopic (exact) mass is 403 g/mol. The summed E-state index contributed by atoms with van der Waals surface area (Å²) < 4.78 is 0. The van der Waals surface area contributed by atoms with Crippen molar-refractivity contribution in [1.29, 1.82) is 0 Å². The van der Waals surface area contributed by atoms with E-state index in [2.05, 4.69) is 24.1 Å². The summed E-state index contributed by atoms with van der Waals surface area (Å²) in [5.74, 6) is 0.377. The van der Waals surface area contributed by atoms with Gasteiger partial charge in [0, 0.05) is 12.1 Å². The van der Waals surface area contributed by atoms with Crippen molar-refractivity contribution < 1.29 is 4.79 Å². The molecule has 1 amide bonds. The lowest BCUT2D eigenvalue weighted by molar-refractivity contribution is 0.0901. The van der Waals surface area contributed by atoms with E-state index in [4.69, 9.17) is 5.73 Å². The van der Waals surface area contributed by atoms with E-state index in [-0.39, 0.29) is 30.7 Å². The van der Waals surface area contributed by atoms with Gasteiger partial charge in [-0.15, -0.1) is 36.2 Å². The molecule has 25 heavy (non-hydrogen) atoms. The molecule has 0 aliphatic heterocycles. The van der Waals surface area contributed by atoms with Crippen molar-refractivity contribution in [3.05, 3.63) is 40.9 Å². The SMILES string of the molecule is Cc1nc(-c2ccccc2)sc1C(=O)NC(C)(CN)CC(C)C.Cl.Cl. The van der Waals surface area contributed by atoms with Gasteiger partial charge in [0.25, 0.3) is 5.91 Å². The Kier molecular flexibility index (Phi) is 9.66. The minimum atomic E-state index is -0.394. The van der Waals surface area contributed by atoms with Crippen LogP contribution >= 0.6 is 36.2 Å². The lowest BCUT2D eigenvalue weighted by atomic mass is 9.90. The third-order valence-electron chi connectivity index (χ3n) is 3.75. The van der Waals surface area contributed by atoms with Gasteiger partial charge in [0.2, 0.25) is 0 Å². The third-order valence-corrected chi connectivity index (χ3v) is 4.95. The number of thiazole rings is 1. The van der Waals surface area contributed by atoms with Crippen LogP contribution in [0.2, 0.25) is 0 Å². The first-order valence-electron chi connectivity index (χ1n) is 7.90. The summed E-state index contributed by atoms with van der Waals surface area (Å²) in [4.78, 5) is 17.9. The number of hydrogen-bond donors (Lipinski definition) is 2. The van der Waals surface area contributed by atoms with Crippen LogP contribution in [0.3, 0.4) is 0 Å². The molecule has 0 fully saturated rings. The van der Waals surface area contributed by atoms with Gasteiger partial charge in [-0.25, -0.2) is 4.98 Å². The fraction of sp³-hybridized carbons (Fsp3) is 0.444. The van der Waals surface area contributed by atoms with Crippen molar-refractivity contribution in [3.8, 4) is 10.6 Å². The van der Waals surface area contributed by atoms with Crippen molar-refractivity contribution >= 4 is 42.1 Å². The van der Waals surface area contributed by atoms with Gasteiger partial charge in [-0.2, -0.15) is 0 Å². The molecule has 1 atom stereocenters. The second-order valence-corrected chi connectivity index (χ2v) is 7.62. The Bertz CT molecular complexity index is 676. The van der Waals surface area contributed by atoms with Crippen LogP contribution in [-0.2, 0) is 0 Å². The Labute approximate surface area is 166 Å². The van der Waals surface area contributed by atoms with Gasteiger partial charge >= 0.3 is 0 Å². The summed E-state index contributed by atoms with van der Waals surface area (Å²) in [5.41, 5.74) is 7.29. The fourth-order valence-corrected chi connectivity index (χ4v) is 3.70. The molecular weight excluding hydrogens is 377 g/mol. The number of benzene rings is 1. The molecule has 0 saturated carbocycles. The molecule has 0 aliphatic rings. The number of aryl methyl sites for hydroxylation is 1. The van der Waals surface area contributed by atoms with Gasteiger partial charge < -0.3 is 11.1 Å². The first-order valence-corrected chi connectivity index (χ1v) is 8.72. The normalized spacial score (nSPS) is 12.7. The van der Waals surface area contributed by atoms with E-state index in [9.17, 15) is 4.79 Å². The van der Waals surface area contributed by atoms with E-state index in [1.165, 1.54) is 11.3 Å². The van der Waals surface area contributed by atoms with Crippen LogP contribution in [0.5, 0.6) is 0 Å². The topological polar surface area (TPSA) is 68.0 Å². The van der Waals surface area contributed by atoms with Crippen LogP contribution in [0.4, 0.5) is 0 Å². The van der Waals surface area contributed by atoms with Gasteiger partial charge in [0.1, 0.15) is 9.88 Å². The van der Waals surface area contributed by atoms with Crippen molar-refractivity contribution in [2.75, 3.05) is 6.54 Å². The number of carbonyl (C=O) groups is 1. The summed E-state index contributed by atoms with van der Waals surface area (Å²) in [6.45, 7) is 8.55. The van der Waals surface area contributed by atoms with E-state index >= 15 is 0 Å². The van der Waals surface area contributed by atoms with Crippen molar-refractivity contribution in [1.82, 2.24) is 10.3 Å². The fourth-order valence-electron chi connectivity index (χ4n) is 2.73. The molecule has 140 valence electrons. The zero-order valence-corrected chi connectivity index (χ0v) is 17.5. The minimum Gasteiger partial charge on any atom is -0.345 e. The molecular formula is C18H27Cl2N3OS. The van der Waals surface area contributed by atoms with E-state index in [0.29, 0.717) is 17.3 Å². The summed E-state index contributed by atoms with van der Waals surface area (Å²) >= 11 is 1.43. The Morgan fingerprint density at radius 2 is 1.88 bits per heavy atom. The molecule has 2 aromatic rings. The summed E-state index contributed by atoms with van der Waals surface area (Å²) in [6.07, 6.45) is 0.846. The number of amides is 1. The highest BCUT2D eigenvalue weighted by atomic mass is 35.5. The number of nitrogens with one attached hydrogen (secondary N) is 1. The average Bonchev–Trinajstić information content (AvgIpc) is 2.89. The molecule has 0 bridgehead atoms. The number of nitrogens with two attached hydrogens (primary N) is 1. The third kappa shape index (κ3) is 6.26. The minimum absolute atomic E-state index is 0. The van der Waals surface area contributed by atoms with Crippen molar-refractivity contribution in [2.45, 2.75) is 39.7 Å². The maximum atomic E-state index is 12.7. The van der Waals surface area contributed by atoms with E-state index < -0.39 is 5.54 Å². The van der Waals surface area contributed by atoms with E-state index in [1.807, 2.05) is 44.2 Å². The number of rotatable bonds is 6. The Morgan fingerprint density at radius 1 is 1.28 bits per heavy atom. The van der Waals surface area contributed by atoms with E-state index in [0.717, 1.165) is 22.7 Å². The first kappa shape index (κ1) is 23.9. The highest BCUT2D eigenvalue weighted by molar-refractivity contribution is 7.17. The quantitative estimate of drug-likeness (QED) is 0.747. The second-order valence-electron chi connectivity index (χ2n) is 6.62. The number of aromatic nitrogens is 1. The number of nitrogens with zero attached hydrogens (tertiary/aromatic N) is 1.